The Bertz CT molecular complexity index is 881. The Morgan fingerprint density at radius 2 is 2.08 bits per heavy atom. The van der Waals surface area contributed by atoms with Crippen LogP contribution in [0, 0.1) is 5.82 Å². The lowest BCUT2D eigenvalue weighted by Gasteiger charge is -2.09. The third-order valence-corrected chi connectivity index (χ3v) is 4.63. The molecule has 3 rings (SSSR count). The Labute approximate surface area is 155 Å². The first-order valence-corrected chi connectivity index (χ1v) is 8.95. The number of rotatable bonds is 7. The average molecular weight is 371 g/mol. The molecule has 3 aromatic rings. The number of ether oxygens (including phenoxy) is 1. The number of amides is 1. The van der Waals surface area contributed by atoms with E-state index in [0.29, 0.717) is 18.0 Å². The molecule has 0 aliphatic rings. The van der Waals surface area contributed by atoms with E-state index in [-0.39, 0.29) is 17.5 Å². The lowest BCUT2D eigenvalue weighted by Crippen LogP contribution is -2.14. The molecule has 0 unspecified atom stereocenters. The molecule has 0 saturated heterocycles. The number of anilines is 1. The molecule has 1 amide bonds. The summed E-state index contributed by atoms with van der Waals surface area (Å²) in [4.78, 5) is 16.5. The molecule has 0 spiro atoms. The molecule has 1 aromatic heterocycles. The summed E-state index contributed by atoms with van der Waals surface area (Å²) in [5.41, 5.74) is 1.65. The van der Waals surface area contributed by atoms with Crippen LogP contribution in [0.5, 0.6) is 5.75 Å². The summed E-state index contributed by atoms with van der Waals surface area (Å²) in [5.74, 6) is 0.533. The highest BCUT2D eigenvalue weighted by atomic mass is 32.2. The fraction of sp³-hybridized carbons (Fsp3) is 0.158. The quantitative estimate of drug-likeness (QED) is 0.642. The van der Waals surface area contributed by atoms with Crippen molar-refractivity contribution in [3.05, 3.63) is 72.3 Å². The van der Waals surface area contributed by atoms with Gasteiger partial charge in [-0.1, -0.05) is 30.0 Å². The minimum absolute atomic E-state index is 0.125. The van der Waals surface area contributed by atoms with Gasteiger partial charge < -0.3 is 14.6 Å². The van der Waals surface area contributed by atoms with Crippen molar-refractivity contribution in [1.82, 2.24) is 9.55 Å². The maximum Gasteiger partial charge on any atom is 0.234 e. The van der Waals surface area contributed by atoms with Crippen LogP contribution in [0.3, 0.4) is 0 Å². The predicted octanol–water partition coefficient (Wildman–Crippen LogP) is 3.81. The zero-order valence-electron chi connectivity index (χ0n) is 14.2. The fourth-order valence-electron chi connectivity index (χ4n) is 2.37. The smallest absolute Gasteiger partial charge is 0.234 e. The van der Waals surface area contributed by atoms with Crippen LogP contribution in [0.25, 0.3) is 0 Å². The van der Waals surface area contributed by atoms with Crippen LogP contribution in [0.1, 0.15) is 5.56 Å². The Kier molecular flexibility index (Phi) is 5.91. The van der Waals surface area contributed by atoms with Crippen LogP contribution in [0.4, 0.5) is 10.1 Å². The van der Waals surface area contributed by atoms with Gasteiger partial charge in [-0.2, -0.15) is 0 Å². The van der Waals surface area contributed by atoms with E-state index in [4.69, 9.17) is 4.74 Å². The van der Waals surface area contributed by atoms with Crippen LogP contribution in [0.2, 0.25) is 0 Å². The van der Waals surface area contributed by atoms with Gasteiger partial charge in [0.25, 0.3) is 0 Å². The van der Waals surface area contributed by atoms with E-state index in [2.05, 4.69) is 10.3 Å². The van der Waals surface area contributed by atoms with Gasteiger partial charge >= 0.3 is 0 Å². The van der Waals surface area contributed by atoms with Crippen LogP contribution in [-0.2, 0) is 11.3 Å². The number of nitrogens with one attached hydrogen (secondary N) is 1. The molecule has 7 heteroatoms. The van der Waals surface area contributed by atoms with Crippen LogP contribution in [0.15, 0.2) is 66.1 Å². The molecule has 0 radical (unpaired) electrons. The second kappa shape index (κ2) is 8.53. The molecule has 0 fully saturated rings. The zero-order valence-corrected chi connectivity index (χ0v) is 15.0. The Morgan fingerprint density at radius 1 is 1.27 bits per heavy atom. The number of carbonyl (C=O) groups is 1. The molecule has 0 bridgehead atoms. The largest absolute Gasteiger partial charge is 0.497 e. The lowest BCUT2D eigenvalue weighted by atomic mass is 10.2. The summed E-state index contributed by atoms with van der Waals surface area (Å²) >= 11 is 1.35. The number of thioether (sulfide) groups is 1. The van der Waals surface area contributed by atoms with Gasteiger partial charge in [-0.15, -0.1) is 0 Å². The standard InChI is InChI=1S/C19H18FN3O2S/c1-25-17-4-2-3-16(11-17)22-18(24)13-26-19-21-9-10-23(19)12-14-5-7-15(20)8-6-14/h2-11H,12-13H2,1H3,(H,22,24). The van der Waals surface area contributed by atoms with E-state index in [0.717, 1.165) is 10.7 Å². The fourth-order valence-corrected chi connectivity index (χ4v) is 3.13. The van der Waals surface area contributed by atoms with Crippen LogP contribution < -0.4 is 10.1 Å². The lowest BCUT2D eigenvalue weighted by molar-refractivity contribution is -0.113. The number of nitrogens with zero attached hydrogens (tertiary/aromatic N) is 2. The van der Waals surface area contributed by atoms with Gasteiger partial charge in [-0.3, -0.25) is 4.79 Å². The molecule has 0 saturated carbocycles. The topological polar surface area (TPSA) is 56.1 Å². The summed E-state index contributed by atoms with van der Waals surface area (Å²) in [6.45, 7) is 0.570. The molecule has 26 heavy (non-hydrogen) atoms. The van der Waals surface area contributed by atoms with Crippen molar-refractivity contribution in [2.75, 3.05) is 18.2 Å². The van der Waals surface area contributed by atoms with Gasteiger partial charge in [0.1, 0.15) is 11.6 Å². The molecule has 0 atom stereocenters. The molecule has 1 N–H and O–H groups in total. The van der Waals surface area contributed by atoms with Gasteiger partial charge in [0, 0.05) is 30.7 Å². The van der Waals surface area contributed by atoms with Gasteiger partial charge in [-0.05, 0) is 29.8 Å². The highest BCUT2D eigenvalue weighted by molar-refractivity contribution is 7.99. The van der Waals surface area contributed by atoms with Crippen LogP contribution in [-0.4, -0.2) is 28.3 Å². The van der Waals surface area contributed by atoms with E-state index in [1.165, 1.54) is 23.9 Å². The first-order chi connectivity index (χ1) is 12.6. The van der Waals surface area contributed by atoms with Crippen molar-refractivity contribution >= 4 is 23.4 Å². The predicted molar refractivity (Wildman–Crippen MR) is 100 cm³/mol. The summed E-state index contributed by atoms with van der Waals surface area (Å²) in [7, 11) is 1.58. The van der Waals surface area contributed by atoms with E-state index in [1.807, 2.05) is 22.9 Å². The van der Waals surface area contributed by atoms with Crippen molar-refractivity contribution in [1.29, 1.82) is 0 Å². The minimum atomic E-state index is -0.261. The van der Waals surface area contributed by atoms with Crippen molar-refractivity contribution in [2.24, 2.45) is 0 Å². The van der Waals surface area contributed by atoms with E-state index < -0.39 is 0 Å². The zero-order chi connectivity index (χ0) is 18.4. The normalized spacial score (nSPS) is 10.5. The Morgan fingerprint density at radius 3 is 2.85 bits per heavy atom. The Balaban J connectivity index is 1.57. The molecular weight excluding hydrogens is 353 g/mol. The van der Waals surface area contributed by atoms with E-state index >= 15 is 0 Å². The third kappa shape index (κ3) is 4.86. The summed E-state index contributed by atoms with van der Waals surface area (Å²) in [5, 5.41) is 3.57. The first-order valence-electron chi connectivity index (χ1n) is 7.96. The molecule has 134 valence electrons. The monoisotopic (exact) mass is 371 g/mol. The molecule has 1 heterocycles. The second-order valence-corrected chi connectivity index (χ2v) is 6.48. The minimum Gasteiger partial charge on any atom is -0.497 e. The van der Waals surface area contributed by atoms with Gasteiger partial charge in [0.15, 0.2) is 5.16 Å². The van der Waals surface area contributed by atoms with Crippen molar-refractivity contribution in [2.45, 2.75) is 11.7 Å². The van der Waals surface area contributed by atoms with Crippen molar-refractivity contribution < 1.29 is 13.9 Å². The number of halogens is 1. The molecular formula is C19H18FN3O2S. The maximum atomic E-state index is 13.0. The number of methoxy groups -OCH3 is 1. The number of carbonyl (C=O) groups excluding carboxylic acids is 1. The second-order valence-electron chi connectivity index (χ2n) is 5.53. The molecule has 2 aromatic carbocycles. The van der Waals surface area contributed by atoms with Crippen molar-refractivity contribution in [3.8, 4) is 5.75 Å². The SMILES string of the molecule is COc1cccc(NC(=O)CSc2nccn2Cc2ccc(F)cc2)c1. The van der Waals surface area contributed by atoms with Crippen molar-refractivity contribution in [3.63, 3.8) is 0 Å². The van der Waals surface area contributed by atoms with E-state index in [1.54, 1.807) is 37.6 Å². The van der Waals surface area contributed by atoms with Gasteiger partial charge in [-0.25, -0.2) is 9.37 Å². The number of hydrogen-bond acceptors (Lipinski definition) is 4. The highest BCUT2D eigenvalue weighted by Gasteiger charge is 2.09. The van der Waals surface area contributed by atoms with Crippen LogP contribution >= 0.6 is 11.8 Å². The van der Waals surface area contributed by atoms with Gasteiger partial charge in [0.2, 0.25) is 5.91 Å². The number of benzene rings is 2. The first kappa shape index (κ1) is 18.0. The number of imidazole rings is 1. The number of aromatic nitrogens is 2. The Hall–Kier alpha value is -2.80. The molecule has 0 aliphatic carbocycles. The van der Waals surface area contributed by atoms with Gasteiger partial charge in [0.05, 0.1) is 12.9 Å². The highest BCUT2D eigenvalue weighted by Crippen LogP contribution is 2.20. The summed E-state index contributed by atoms with van der Waals surface area (Å²) < 4.78 is 20.1. The maximum absolute atomic E-state index is 13.0. The summed E-state index contributed by atoms with van der Waals surface area (Å²) in [6, 6.07) is 13.5. The molecule has 0 aliphatic heterocycles. The third-order valence-electron chi connectivity index (χ3n) is 3.63. The average Bonchev–Trinajstić information content (AvgIpc) is 3.09. The van der Waals surface area contributed by atoms with E-state index in [9.17, 15) is 9.18 Å². The summed E-state index contributed by atoms with van der Waals surface area (Å²) in [6.07, 6.45) is 3.53. The molecule has 5 nitrogen and oxygen atoms in total. The number of hydrogen-bond donors (Lipinski definition) is 1.